The molecule has 2 aromatic heterocycles. The van der Waals surface area contributed by atoms with E-state index in [2.05, 4.69) is 36.1 Å². The maximum atomic E-state index is 12.7. The molecule has 2 heterocycles. The van der Waals surface area contributed by atoms with Gasteiger partial charge in [-0.1, -0.05) is 20.8 Å². The molecule has 100 valence electrons. The fourth-order valence-corrected chi connectivity index (χ4v) is 2.29. The summed E-state index contributed by atoms with van der Waals surface area (Å²) in [6, 6.07) is 2.54. The number of anilines is 1. The van der Waals surface area contributed by atoms with Crippen LogP contribution in [0.5, 0.6) is 0 Å². The molecule has 1 N–H and O–H groups in total. The Balaban J connectivity index is 2.11. The average molecular weight is 279 g/mol. The van der Waals surface area contributed by atoms with E-state index >= 15 is 0 Å². The van der Waals surface area contributed by atoms with Gasteiger partial charge in [0, 0.05) is 17.0 Å². The number of thiazole rings is 1. The number of hydrogen-bond acceptors (Lipinski definition) is 4. The van der Waals surface area contributed by atoms with E-state index in [1.165, 1.54) is 23.6 Å². The first kappa shape index (κ1) is 13.6. The highest BCUT2D eigenvalue weighted by molar-refractivity contribution is 7.14. The van der Waals surface area contributed by atoms with E-state index in [1.54, 1.807) is 0 Å². The highest BCUT2D eigenvalue weighted by Gasteiger charge is 2.18. The Morgan fingerprint density at radius 3 is 2.63 bits per heavy atom. The molecule has 0 aliphatic rings. The largest absolute Gasteiger partial charge is 0.298 e. The summed E-state index contributed by atoms with van der Waals surface area (Å²) in [5, 5.41) is 5.12. The second-order valence-electron chi connectivity index (χ2n) is 5.11. The predicted octanol–water partition coefficient (Wildman–Crippen LogP) is 3.23. The number of nitrogens with one attached hydrogen (secondary N) is 1. The lowest BCUT2D eigenvalue weighted by Crippen LogP contribution is -2.14. The van der Waals surface area contributed by atoms with Crippen LogP contribution in [0.15, 0.2) is 23.7 Å². The van der Waals surface area contributed by atoms with Crippen molar-refractivity contribution >= 4 is 22.4 Å². The fourth-order valence-electron chi connectivity index (χ4n) is 1.36. The number of nitrogens with zero attached hydrogens (tertiary/aromatic N) is 2. The van der Waals surface area contributed by atoms with Crippen LogP contribution >= 0.6 is 11.3 Å². The van der Waals surface area contributed by atoms with E-state index in [-0.39, 0.29) is 11.3 Å². The Labute approximate surface area is 114 Å². The van der Waals surface area contributed by atoms with Gasteiger partial charge in [-0.15, -0.1) is 11.3 Å². The number of carbonyl (C=O) groups is 1. The zero-order valence-corrected chi connectivity index (χ0v) is 11.7. The second-order valence-corrected chi connectivity index (χ2v) is 5.97. The lowest BCUT2D eigenvalue weighted by molar-refractivity contribution is 0.102. The summed E-state index contributed by atoms with van der Waals surface area (Å²) in [5.41, 5.74) is 1.16. The number of hydrogen-bond donors (Lipinski definition) is 1. The summed E-state index contributed by atoms with van der Waals surface area (Å²) in [4.78, 5) is 19.7. The SMILES string of the molecule is CC(C)(C)c1csc(NC(=O)c2ccc(F)nc2)n1. The normalized spacial score (nSPS) is 11.4. The summed E-state index contributed by atoms with van der Waals surface area (Å²) in [6.45, 7) is 6.16. The molecule has 4 nitrogen and oxygen atoms in total. The van der Waals surface area contributed by atoms with Crippen LogP contribution in [0.3, 0.4) is 0 Å². The van der Waals surface area contributed by atoms with Crippen LogP contribution in [0.4, 0.5) is 9.52 Å². The number of carbonyl (C=O) groups excluding carboxylic acids is 1. The third kappa shape index (κ3) is 3.35. The molecule has 0 atom stereocenters. The molecular weight excluding hydrogens is 265 g/mol. The molecule has 0 spiro atoms. The van der Waals surface area contributed by atoms with Gasteiger partial charge in [0.25, 0.3) is 5.91 Å². The molecule has 0 saturated carbocycles. The molecule has 2 rings (SSSR count). The molecule has 1 amide bonds. The van der Waals surface area contributed by atoms with E-state index in [0.29, 0.717) is 10.7 Å². The zero-order valence-electron chi connectivity index (χ0n) is 10.9. The number of aromatic nitrogens is 2. The van der Waals surface area contributed by atoms with Gasteiger partial charge in [0.2, 0.25) is 5.95 Å². The minimum Gasteiger partial charge on any atom is -0.298 e. The number of pyridine rings is 1. The quantitative estimate of drug-likeness (QED) is 0.859. The van der Waals surface area contributed by atoms with Crippen molar-refractivity contribution in [2.75, 3.05) is 5.32 Å². The van der Waals surface area contributed by atoms with Gasteiger partial charge >= 0.3 is 0 Å². The third-order valence-electron chi connectivity index (χ3n) is 2.48. The highest BCUT2D eigenvalue weighted by Crippen LogP contribution is 2.26. The van der Waals surface area contributed by atoms with Gasteiger partial charge in [-0.2, -0.15) is 4.39 Å². The summed E-state index contributed by atoms with van der Waals surface area (Å²) >= 11 is 1.37. The number of halogens is 1. The average Bonchev–Trinajstić information content (AvgIpc) is 2.78. The molecule has 0 fully saturated rings. The van der Waals surface area contributed by atoms with E-state index in [4.69, 9.17) is 0 Å². The molecule has 6 heteroatoms. The van der Waals surface area contributed by atoms with E-state index in [9.17, 15) is 9.18 Å². The van der Waals surface area contributed by atoms with Crippen molar-refractivity contribution in [2.24, 2.45) is 0 Å². The van der Waals surface area contributed by atoms with Gasteiger partial charge < -0.3 is 0 Å². The predicted molar refractivity (Wildman–Crippen MR) is 73.0 cm³/mol. The van der Waals surface area contributed by atoms with Gasteiger partial charge in [0.1, 0.15) is 0 Å². The first-order valence-electron chi connectivity index (χ1n) is 5.75. The van der Waals surface area contributed by atoms with E-state index in [0.717, 1.165) is 11.8 Å². The molecule has 2 aromatic rings. The molecule has 0 radical (unpaired) electrons. The minimum atomic E-state index is -0.610. The van der Waals surface area contributed by atoms with Crippen LogP contribution in [0, 0.1) is 5.95 Å². The fraction of sp³-hybridized carbons (Fsp3) is 0.308. The zero-order chi connectivity index (χ0) is 14.0. The van der Waals surface area contributed by atoms with Crippen molar-refractivity contribution in [1.82, 2.24) is 9.97 Å². The van der Waals surface area contributed by atoms with Gasteiger partial charge in [-0.05, 0) is 12.1 Å². The van der Waals surface area contributed by atoms with Crippen LogP contribution in [0.1, 0.15) is 36.8 Å². The maximum Gasteiger partial charge on any atom is 0.259 e. The van der Waals surface area contributed by atoms with E-state index in [1.807, 2.05) is 5.38 Å². The highest BCUT2D eigenvalue weighted by atomic mass is 32.1. The molecule has 0 aliphatic heterocycles. The maximum absolute atomic E-state index is 12.7. The van der Waals surface area contributed by atoms with Crippen molar-refractivity contribution in [2.45, 2.75) is 26.2 Å². The topological polar surface area (TPSA) is 54.9 Å². The summed E-state index contributed by atoms with van der Waals surface area (Å²) in [5.74, 6) is -0.955. The minimum absolute atomic E-state index is 0.0586. The number of rotatable bonds is 2. The Hall–Kier alpha value is -1.82. The monoisotopic (exact) mass is 279 g/mol. The van der Waals surface area contributed by atoms with Crippen LogP contribution in [0.25, 0.3) is 0 Å². The van der Waals surface area contributed by atoms with Gasteiger partial charge in [0.05, 0.1) is 11.3 Å². The van der Waals surface area contributed by atoms with Crippen LogP contribution in [-0.2, 0) is 5.41 Å². The third-order valence-corrected chi connectivity index (χ3v) is 3.24. The van der Waals surface area contributed by atoms with Crippen LogP contribution in [-0.4, -0.2) is 15.9 Å². The van der Waals surface area contributed by atoms with Crippen molar-refractivity contribution in [3.05, 3.63) is 40.9 Å². The lowest BCUT2D eigenvalue weighted by atomic mass is 9.93. The summed E-state index contributed by atoms with van der Waals surface area (Å²) < 4.78 is 12.7. The Morgan fingerprint density at radius 1 is 1.37 bits per heavy atom. The summed E-state index contributed by atoms with van der Waals surface area (Å²) in [7, 11) is 0. The molecule has 0 bridgehead atoms. The summed E-state index contributed by atoms with van der Waals surface area (Å²) in [6.07, 6.45) is 1.20. The standard InChI is InChI=1S/C13H14FN3OS/c1-13(2,3)9-7-19-12(16-9)17-11(18)8-4-5-10(14)15-6-8/h4-7H,1-3H3,(H,16,17,18). The van der Waals surface area contributed by atoms with Gasteiger partial charge in [0.15, 0.2) is 5.13 Å². The molecular formula is C13H14FN3OS. The first-order chi connectivity index (χ1) is 8.86. The smallest absolute Gasteiger partial charge is 0.259 e. The first-order valence-corrected chi connectivity index (χ1v) is 6.63. The molecule has 0 aromatic carbocycles. The second kappa shape index (κ2) is 5.05. The molecule has 0 aliphatic carbocycles. The Bertz CT molecular complexity index is 587. The van der Waals surface area contributed by atoms with Crippen molar-refractivity contribution in [3.63, 3.8) is 0 Å². The molecule has 0 unspecified atom stereocenters. The number of amides is 1. The van der Waals surface area contributed by atoms with Crippen molar-refractivity contribution in [3.8, 4) is 0 Å². The van der Waals surface area contributed by atoms with Crippen LogP contribution in [0.2, 0.25) is 0 Å². The Kier molecular flexibility index (Phi) is 3.61. The van der Waals surface area contributed by atoms with Crippen molar-refractivity contribution in [1.29, 1.82) is 0 Å². The lowest BCUT2D eigenvalue weighted by Gasteiger charge is -2.14. The van der Waals surface area contributed by atoms with Gasteiger partial charge in [-0.25, -0.2) is 9.97 Å². The van der Waals surface area contributed by atoms with E-state index < -0.39 is 5.95 Å². The molecule has 0 saturated heterocycles. The van der Waals surface area contributed by atoms with Gasteiger partial charge in [-0.3, -0.25) is 10.1 Å². The van der Waals surface area contributed by atoms with Crippen LogP contribution < -0.4 is 5.32 Å². The molecule has 19 heavy (non-hydrogen) atoms. The van der Waals surface area contributed by atoms with Crippen molar-refractivity contribution < 1.29 is 9.18 Å². The Morgan fingerprint density at radius 2 is 2.11 bits per heavy atom.